The highest BCUT2D eigenvalue weighted by Crippen LogP contribution is 2.42. The minimum atomic E-state index is 0. The molecule has 2 aromatic rings. The Morgan fingerprint density at radius 2 is 2.24 bits per heavy atom. The van der Waals surface area contributed by atoms with Crippen LogP contribution in [0.15, 0.2) is 29.5 Å². The second-order valence-electron chi connectivity index (χ2n) is 7.11. The number of aryl methyl sites for hydroxylation is 1. The molecule has 2 atom stereocenters. The summed E-state index contributed by atoms with van der Waals surface area (Å²) >= 11 is 0. The fraction of sp³-hybridized carbons (Fsp3) is 0.556. The molecule has 25 heavy (non-hydrogen) atoms. The molecule has 1 aliphatic carbocycles. The SMILES string of the molecule is CN=C(NCc1cn2ccc(C)cc2n1)NC1CC(OC)C1(C)C.I. The molecule has 7 heteroatoms. The quantitative estimate of drug-likeness (QED) is 0.421. The van der Waals surface area contributed by atoms with Gasteiger partial charge in [0.15, 0.2) is 5.96 Å². The van der Waals surface area contributed by atoms with Crippen LogP contribution >= 0.6 is 24.0 Å². The van der Waals surface area contributed by atoms with Crippen LogP contribution in [-0.2, 0) is 11.3 Å². The number of hydrogen-bond acceptors (Lipinski definition) is 3. The lowest BCUT2D eigenvalue weighted by molar-refractivity contribution is -0.0922. The first-order valence-corrected chi connectivity index (χ1v) is 8.38. The first kappa shape index (κ1) is 20.0. The number of ether oxygens (including phenoxy) is 1. The van der Waals surface area contributed by atoms with Gasteiger partial charge in [0.05, 0.1) is 18.3 Å². The summed E-state index contributed by atoms with van der Waals surface area (Å²) in [5.74, 6) is 0.802. The molecule has 0 bridgehead atoms. The average molecular weight is 457 g/mol. The lowest BCUT2D eigenvalue weighted by atomic mass is 9.64. The van der Waals surface area contributed by atoms with Crippen molar-refractivity contribution in [3.63, 3.8) is 0 Å². The number of pyridine rings is 1. The molecule has 0 saturated heterocycles. The first-order chi connectivity index (χ1) is 11.4. The Morgan fingerprint density at radius 3 is 2.88 bits per heavy atom. The maximum atomic E-state index is 5.51. The number of aliphatic imine (C=N–C) groups is 1. The molecular weight excluding hydrogens is 429 g/mol. The van der Waals surface area contributed by atoms with Crippen LogP contribution < -0.4 is 10.6 Å². The van der Waals surface area contributed by atoms with E-state index in [1.165, 1.54) is 5.56 Å². The normalized spacial score (nSPS) is 22.2. The highest BCUT2D eigenvalue weighted by molar-refractivity contribution is 14.0. The Bertz CT molecular complexity index is 755. The summed E-state index contributed by atoms with van der Waals surface area (Å²) in [7, 11) is 3.57. The van der Waals surface area contributed by atoms with Crippen molar-refractivity contribution < 1.29 is 4.74 Å². The van der Waals surface area contributed by atoms with Crippen LogP contribution in [-0.4, -0.2) is 41.6 Å². The molecule has 1 fully saturated rings. The van der Waals surface area contributed by atoms with Crippen LogP contribution in [0.3, 0.4) is 0 Å². The molecule has 3 rings (SSSR count). The predicted octanol–water partition coefficient (Wildman–Crippen LogP) is 2.74. The molecule has 0 aromatic carbocycles. The van der Waals surface area contributed by atoms with Gasteiger partial charge in [-0.25, -0.2) is 4.98 Å². The van der Waals surface area contributed by atoms with Crippen molar-refractivity contribution in [2.24, 2.45) is 10.4 Å². The number of fused-ring (bicyclic) bond motifs is 1. The fourth-order valence-electron chi connectivity index (χ4n) is 3.29. The zero-order valence-electron chi connectivity index (χ0n) is 15.5. The molecule has 0 spiro atoms. The number of nitrogens with one attached hydrogen (secondary N) is 2. The van der Waals surface area contributed by atoms with Crippen LogP contribution in [0.5, 0.6) is 0 Å². The fourth-order valence-corrected chi connectivity index (χ4v) is 3.29. The molecule has 2 N–H and O–H groups in total. The van der Waals surface area contributed by atoms with Gasteiger partial charge < -0.3 is 19.8 Å². The van der Waals surface area contributed by atoms with E-state index < -0.39 is 0 Å². The van der Waals surface area contributed by atoms with Crippen molar-refractivity contribution in [1.29, 1.82) is 0 Å². The van der Waals surface area contributed by atoms with E-state index in [0.29, 0.717) is 18.7 Å². The monoisotopic (exact) mass is 457 g/mol. The third kappa shape index (κ3) is 4.08. The minimum Gasteiger partial charge on any atom is -0.381 e. The van der Waals surface area contributed by atoms with Crippen LogP contribution in [0.1, 0.15) is 31.5 Å². The van der Waals surface area contributed by atoms with Gasteiger partial charge in [0.25, 0.3) is 0 Å². The van der Waals surface area contributed by atoms with Gasteiger partial charge in [-0.1, -0.05) is 13.8 Å². The zero-order chi connectivity index (χ0) is 17.3. The maximum Gasteiger partial charge on any atom is 0.191 e. The Balaban J connectivity index is 0.00000225. The molecular formula is C18H28IN5O. The number of guanidine groups is 1. The molecule has 1 saturated carbocycles. The lowest BCUT2D eigenvalue weighted by Gasteiger charge is -2.51. The number of rotatable bonds is 4. The second-order valence-corrected chi connectivity index (χ2v) is 7.11. The number of nitrogens with zero attached hydrogens (tertiary/aromatic N) is 3. The molecule has 0 radical (unpaired) electrons. The van der Waals surface area contributed by atoms with Gasteiger partial charge in [0.2, 0.25) is 0 Å². The van der Waals surface area contributed by atoms with E-state index in [4.69, 9.17) is 4.74 Å². The molecule has 2 unspecified atom stereocenters. The number of imidazole rings is 1. The third-order valence-corrected chi connectivity index (χ3v) is 5.10. The highest BCUT2D eigenvalue weighted by Gasteiger charge is 2.48. The summed E-state index contributed by atoms with van der Waals surface area (Å²) in [5.41, 5.74) is 3.28. The highest BCUT2D eigenvalue weighted by atomic mass is 127. The minimum absolute atomic E-state index is 0. The van der Waals surface area contributed by atoms with E-state index in [2.05, 4.69) is 53.5 Å². The van der Waals surface area contributed by atoms with Crippen molar-refractivity contribution >= 4 is 35.6 Å². The van der Waals surface area contributed by atoms with Gasteiger partial charge in [-0.2, -0.15) is 0 Å². The molecule has 1 aliphatic rings. The molecule has 6 nitrogen and oxygen atoms in total. The average Bonchev–Trinajstić information content (AvgIpc) is 2.95. The number of aromatic nitrogens is 2. The van der Waals surface area contributed by atoms with E-state index >= 15 is 0 Å². The van der Waals surface area contributed by atoms with Gasteiger partial charge in [0.1, 0.15) is 5.65 Å². The smallest absolute Gasteiger partial charge is 0.191 e. The zero-order valence-corrected chi connectivity index (χ0v) is 17.9. The van der Waals surface area contributed by atoms with Crippen LogP contribution in [0.25, 0.3) is 5.65 Å². The largest absolute Gasteiger partial charge is 0.381 e. The van der Waals surface area contributed by atoms with Crippen LogP contribution in [0.4, 0.5) is 0 Å². The number of hydrogen-bond donors (Lipinski definition) is 2. The van der Waals surface area contributed by atoms with Gasteiger partial charge in [-0.05, 0) is 31.0 Å². The maximum absolute atomic E-state index is 5.51. The summed E-state index contributed by atoms with van der Waals surface area (Å²) in [6.07, 6.45) is 5.38. The van der Waals surface area contributed by atoms with E-state index in [1.54, 1.807) is 14.2 Å². The molecule has 0 aliphatic heterocycles. The van der Waals surface area contributed by atoms with Crippen LogP contribution in [0, 0.1) is 12.3 Å². The Kier molecular flexibility index (Phi) is 6.31. The van der Waals surface area contributed by atoms with Gasteiger partial charge in [-0.15, -0.1) is 24.0 Å². The Labute approximate surface area is 166 Å². The van der Waals surface area contributed by atoms with E-state index in [1.807, 2.05) is 16.8 Å². The third-order valence-electron chi connectivity index (χ3n) is 5.10. The van der Waals surface area contributed by atoms with Crippen molar-refractivity contribution in [2.75, 3.05) is 14.2 Å². The topological polar surface area (TPSA) is 63.0 Å². The lowest BCUT2D eigenvalue weighted by Crippen LogP contribution is -2.63. The van der Waals surface area contributed by atoms with Crippen LogP contribution in [0.2, 0.25) is 0 Å². The van der Waals surface area contributed by atoms with Gasteiger partial charge in [0, 0.05) is 38.0 Å². The van der Waals surface area contributed by atoms with Crippen molar-refractivity contribution in [1.82, 2.24) is 20.0 Å². The van der Waals surface area contributed by atoms with E-state index in [9.17, 15) is 0 Å². The van der Waals surface area contributed by atoms with E-state index in [-0.39, 0.29) is 29.4 Å². The molecule has 138 valence electrons. The summed E-state index contributed by atoms with van der Waals surface area (Å²) < 4.78 is 7.55. The van der Waals surface area contributed by atoms with E-state index in [0.717, 1.165) is 23.7 Å². The predicted molar refractivity (Wildman–Crippen MR) is 112 cm³/mol. The standard InChI is InChI=1S/C18H27N5O.HI/c1-12-6-7-23-11-13(21-16(23)8-12)10-20-17(19-4)22-14-9-15(24-5)18(14,2)3;/h6-8,11,14-15H,9-10H2,1-5H3,(H2,19,20,22);1H. The summed E-state index contributed by atoms with van der Waals surface area (Å²) in [6.45, 7) is 7.16. The van der Waals surface area contributed by atoms with Crippen molar-refractivity contribution in [3.8, 4) is 0 Å². The second kappa shape index (κ2) is 7.90. The molecule has 2 heterocycles. The summed E-state index contributed by atoms with van der Waals surface area (Å²) in [5, 5.41) is 6.85. The Hall–Kier alpha value is -1.35. The van der Waals surface area contributed by atoms with Gasteiger partial charge in [-0.3, -0.25) is 4.99 Å². The van der Waals surface area contributed by atoms with Crippen molar-refractivity contribution in [2.45, 2.75) is 45.9 Å². The number of methoxy groups -OCH3 is 1. The van der Waals surface area contributed by atoms with Gasteiger partial charge >= 0.3 is 0 Å². The first-order valence-electron chi connectivity index (χ1n) is 8.38. The van der Waals surface area contributed by atoms with Crippen molar-refractivity contribution in [3.05, 3.63) is 35.8 Å². The summed E-state index contributed by atoms with van der Waals surface area (Å²) in [6, 6.07) is 4.52. The summed E-state index contributed by atoms with van der Waals surface area (Å²) in [4.78, 5) is 8.97. The Morgan fingerprint density at radius 1 is 1.48 bits per heavy atom. The molecule has 2 aromatic heterocycles. The number of halogens is 1. The molecule has 0 amide bonds.